The third-order valence-corrected chi connectivity index (χ3v) is 0.347. The molecule has 1 heterocycles. The highest BCUT2D eigenvalue weighted by Gasteiger charge is 1.60. The van der Waals surface area contributed by atoms with Crippen molar-refractivity contribution in [2.45, 2.75) is 6.92 Å². The molecule has 0 atom stereocenters. The summed E-state index contributed by atoms with van der Waals surface area (Å²) >= 11 is 0. The Bertz CT molecular complexity index is 77.3. The summed E-state index contributed by atoms with van der Waals surface area (Å²) in [4.78, 5) is 0. The molecule has 0 bridgehead atoms. The van der Waals surface area contributed by atoms with E-state index in [2.05, 4.69) is 9.68 Å². The first-order valence-electron chi connectivity index (χ1n) is 2.46. The fourth-order valence-corrected chi connectivity index (χ4v) is 0.176. The summed E-state index contributed by atoms with van der Waals surface area (Å²) in [5.74, 6) is 0. The summed E-state index contributed by atoms with van der Waals surface area (Å²) in [6, 6.07) is 1.72. The number of aromatic nitrogens is 1. The quantitative estimate of drug-likeness (QED) is 0.538. The minimum absolute atomic E-state index is 0.750. The van der Waals surface area contributed by atoms with Crippen LogP contribution in [0.3, 0.4) is 0 Å². The van der Waals surface area contributed by atoms with Gasteiger partial charge >= 0.3 is 0 Å². The molecule has 0 fully saturated rings. The van der Waals surface area contributed by atoms with Crippen LogP contribution in [0.4, 0.5) is 0 Å². The van der Waals surface area contributed by atoms with Crippen molar-refractivity contribution in [2.24, 2.45) is 5.73 Å². The van der Waals surface area contributed by atoms with Crippen LogP contribution in [0, 0.1) is 0 Å². The van der Waals surface area contributed by atoms with Gasteiger partial charge in [-0.3, -0.25) is 0 Å². The summed E-state index contributed by atoms with van der Waals surface area (Å²) in [6.07, 6.45) is 3.10. The van der Waals surface area contributed by atoms with Gasteiger partial charge in [-0.25, -0.2) is 0 Å². The summed E-state index contributed by atoms with van der Waals surface area (Å²) in [5.41, 5.74) is 4.85. The predicted molar refractivity (Wildman–Crippen MR) is 31.2 cm³/mol. The molecule has 3 nitrogen and oxygen atoms in total. The second-order valence-corrected chi connectivity index (χ2v) is 1.10. The molecule has 0 unspecified atom stereocenters. The fourth-order valence-electron chi connectivity index (χ4n) is 0.176. The van der Waals surface area contributed by atoms with Gasteiger partial charge in [0, 0.05) is 0 Å². The van der Waals surface area contributed by atoms with Crippen molar-refractivity contribution in [1.29, 1.82) is 0 Å². The van der Waals surface area contributed by atoms with E-state index in [1.807, 2.05) is 6.92 Å². The van der Waals surface area contributed by atoms with E-state index in [1.54, 1.807) is 12.3 Å². The molecule has 46 valence electrons. The van der Waals surface area contributed by atoms with Crippen molar-refractivity contribution < 1.29 is 4.52 Å². The van der Waals surface area contributed by atoms with Crippen molar-refractivity contribution >= 4 is 0 Å². The monoisotopic (exact) mass is 114 g/mol. The molecule has 0 aromatic carbocycles. The molecule has 1 aromatic rings. The van der Waals surface area contributed by atoms with Gasteiger partial charge < -0.3 is 10.3 Å². The van der Waals surface area contributed by atoms with Gasteiger partial charge in [-0.15, -0.1) is 0 Å². The summed E-state index contributed by atoms with van der Waals surface area (Å²) < 4.78 is 4.33. The molecule has 0 radical (unpaired) electrons. The molecule has 0 spiro atoms. The molecule has 2 N–H and O–H groups in total. The van der Waals surface area contributed by atoms with Gasteiger partial charge in [-0.1, -0.05) is 12.1 Å². The molecule has 0 aliphatic carbocycles. The van der Waals surface area contributed by atoms with Crippen molar-refractivity contribution in [3.05, 3.63) is 18.5 Å². The highest BCUT2D eigenvalue weighted by atomic mass is 16.5. The maximum Gasteiger partial charge on any atom is 0.123 e. The minimum Gasteiger partial charge on any atom is -0.365 e. The zero-order chi connectivity index (χ0) is 6.24. The van der Waals surface area contributed by atoms with Crippen molar-refractivity contribution in [3.8, 4) is 0 Å². The van der Waals surface area contributed by atoms with Crippen LogP contribution in [0.2, 0.25) is 0 Å². The first-order chi connectivity index (χ1) is 3.91. The third-order valence-electron chi connectivity index (χ3n) is 0.347. The summed E-state index contributed by atoms with van der Waals surface area (Å²) in [6.45, 7) is 2.65. The van der Waals surface area contributed by atoms with Crippen LogP contribution in [0.5, 0.6) is 0 Å². The molecule has 0 amide bonds. The molecule has 0 saturated heterocycles. The molecular weight excluding hydrogens is 104 g/mol. The van der Waals surface area contributed by atoms with Crippen LogP contribution in [-0.2, 0) is 0 Å². The van der Waals surface area contributed by atoms with Gasteiger partial charge in [0.05, 0.1) is 6.20 Å². The van der Waals surface area contributed by atoms with E-state index in [1.165, 1.54) is 6.26 Å². The van der Waals surface area contributed by atoms with Crippen LogP contribution >= 0.6 is 0 Å². The summed E-state index contributed by atoms with van der Waals surface area (Å²) in [7, 11) is 0. The van der Waals surface area contributed by atoms with E-state index in [9.17, 15) is 0 Å². The van der Waals surface area contributed by atoms with Crippen LogP contribution in [0.1, 0.15) is 6.92 Å². The Morgan fingerprint density at radius 2 is 2.38 bits per heavy atom. The lowest BCUT2D eigenvalue weighted by Crippen LogP contribution is -1.87. The van der Waals surface area contributed by atoms with Crippen molar-refractivity contribution in [3.63, 3.8) is 0 Å². The Labute approximate surface area is 48.5 Å². The standard InChI is InChI=1S/C3H3NO.C2H7N/c1-2-4-5-3-1;1-2-3/h1-3H;2-3H2,1H3. The second-order valence-electron chi connectivity index (χ2n) is 1.10. The lowest BCUT2D eigenvalue weighted by atomic mass is 10.8. The average molecular weight is 114 g/mol. The Kier molecular flexibility index (Phi) is 5.53. The molecule has 1 rings (SSSR count). The van der Waals surface area contributed by atoms with Crippen LogP contribution in [-0.4, -0.2) is 11.7 Å². The minimum atomic E-state index is 0.750. The van der Waals surface area contributed by atoms with Gasteiger partial charge in [0.25, 0.3) is 0 Å². The SMILES string of the molecule is CCN.c1cnoc1. The zero-order valence-corrected chi connectivity index (χ0v) is 4.87. The number of rotatable bonds is 0. The number of hydrogen-bond acceptors (Lipinski definition) is 3. The predicted octanol–water partition coefficient (Wildman–Crippen LogP) is 0.640. The van der Waals surface area contributed by atoms with E-state index < -0.39 is 0 Å². The first-order valence-corrected chi connectivity index (χ1v) is 2.46. The topological polar surface area (TPSA) is 52.0 Å². The Balaban J connectivity index is 0.000000145. The summed E-state index contributed by atoms with van der Waals surface area (Å²) in [5, 5.41) is 3.35. The molecule has 0 aliphatic heterocycles. The second kappa shape index (κ2) is 6.17. The van der Waals surface area contributed by atoms with Crippen molar-refractivity contribution in [1.82, 2.24) is 5.16 Å². The van der Waals surface area contributed by atoms with E-state index in [0.717, 1.165) is 6.54 Å². The number of hydrogen-bond donors (Lipinski definition) is 1. The van der Waals surface area contributed by atoms with Gasteiger partial charge in [0.1, 0.15) is 6.26 Å². The van der Waals surface area contributed by atoms with Gasteiger partial charge in [0.2, 0.25) is 0 Å². The maximum atomic E-state index is 4.85. The average Bonchev–Trinajstić information content (AvgIpc) is 2.17. The molecule has 8 heavy (non-hydrogen) atoms. The highest BCUT2D eigenvalue weighted by molar-refractivity contribution is 4.67. The molecule has 3 heteroatoms. The van der Waals surface area contributed by atoms with E-state index in [-0.39, 0.29) is 0 Å². The van der Waals surface area contributed by atoms with E-state index in [4.69, 9.17) is 5.73 Å². The smallest absolute Gasteiger partial charge is 0.123 e. The highest BCUT2D eigenvalue weighted by Crippen LogP contribution is 1.72. The van der Waals surface area contributed by atoms with Crippen molar-refractivity contribution in [2.75, 3.05) is 6.54 Å². The largest absolute Gasteiger partial charge is 0.365 e. The lowest BCUT2D eigenvalue weighted by molar-refractivity contribution is 0.420. The zero-order valence-electron chi connectivity index (χ0n) is 4.87. The molecule has 0 saturated carbocycles. The Morgan fingerprint density at radius 1 is 1.75 bits per heavy atom. The third kappa shape index (κ3) is 5.17. The fraction of sp³-hybridized carbons (Fsp3) is 0.400. The van der Waals surface area contributed by atoms with Gasteiger partial charge in [-0.05, 0) is 12.6 Å². The number of nitrogens with two attached hydrogens (primary N) is 1. The lowest BCUT2D eigenvalue weighted by Gasteiger charge is -1.53. The molecule has 0 aliphatic rings. The van der Waals surface area contributed by atoms with Gasteiger partial charge in [0.15, 0.2) is 0 Å². The van der Waals surface area contributed by atoms with Crippen LogP contribution < -0.4 is 5.73 Å². The normalized spacial score (nSPS) is 7.25. The van der Waals surface area contributed by atoms with Crippen LogP contribution in [0.15, 0.2) is 23.0 Å². The number of nitrogens with zero attached hydrogens (tertiary/aromatic N) is 1. The van der Waals surface area contributed by atoms with Crippen LogP contribution in [0.25, 0.3) is 0 Å². The van der Waals surface area contributed by atoms with Gasteiger partial charge in [-0.2, -0.15) is 0 Å². The van der Waals surface area contributed by atoms with E-state index >= 15 is 0 Å². The van der Waals surface area contributed by atoms with E-state index in [0.29, 0.717) is 0 Å². The first kappa shape index (κ1) is 7.17. The molecular formula is C5H10N2O. The Morgan fingerprint density at radius 3 is 2.50 bits per heavy atom. The Hall–Kier alpha value is -0.830. The molecule has 1 aromatic heterocycles. The maximum absolute atomic E-state index is 4.85.